The van der Waals surface area contributed by atoms with Crippen molar-refractivity contribution >= 4 is 0 Å². The molecule has 0 aliphatic carbocycles. The van der Waals surface area contributed by atoms with Crippen molar-refractivity contribution in [2.24, 2.45) is 5.73 Å². The number of para-hydroxylation sites is 1. The Kier molecular flexibility index (Phi) is 6.01. The van der Waals surface area contributed by atoms with Crippen LogP contribution in [-0.4, -0.2) is 19.3 Å². The molecule has 1 aromatic carbocycles. The normalized spacial score (nSPS) is 12.8. The fourth-order valence-electron chi connectivity index (χ4n) is 1.57. The molecule has 0 aromatic heterocycles. The van der Waals surface area contributed by atoms with Crippen LogP contribution in [0.4, 0.5) is 0 Å². The number of rotatable bonds is 7. The van der Waals surface area contributed by atoms with Gasteiger partial charge in [-0.25, -0.2) is 0 Å². The molecule has 0 radical (unpaired) electrons. The van der Waals surface area contributed by atoms with Gasteiger partial charge in [-0.3, -0.25) is 0 Å². The summed E-state index contributed by atoms with van der Waals surface area (Å²) in [7, 11) is 0. The number of ether oxygens (including phenoxy) is 2. The maximum atomic E-state index is 6.04. The third-order valence-electron chi connectivity index (χ3n) is 2.55. The fourth-order valence-corrected chi connectivity index (χ4v) is 1.57. The molecule has 0 amide bonds. The molecule has 3 nitrogen and oxygen atoms in total. The molecule has 0 saturated carbocycles. The first-order valence-electron chi connectivity index (χ1n) is 6.24. The van der Waals surface area contributed by atoms with Crippen LogP contribution in [0.15, 0.2) is 24.3 Å². The molecule has 0 aliphatic rings. The Morgan fingerprint density at radius 3 is 2.53 bits per heavy atom. The number of hydrogen-bond donors (Lipinski definition) is 1. The minimum Gasteiger partial charge on any atom is -0.491 e. The van der Waals surface area contributed by atoms with Crippen molar-refractivity contribution in [1.82, 2.24) is 0 Å². The van der Waals surface area contributed by atoms with E-state index in [9.17, 15) is 0 Å². The highest BCUT2D eigenvalue weighted by atomic mass is 16.5. The SMILES string of the molecule is CCC(N)c1ccccc1OCCOC(C)C. The topological polar surface area (TPSA) is 44.5 Å². The molecule has 0 bridgehead atoms. The van der Waals surface area contributed by atoms with Crippen LogP contribution in [0, 0.1) is 0 Å². The maximum Gasteiger partial charge on any atom is 0.124 e. The Balaban J connectivity index is 2.52. The first-order chi connectivity index (χ1) is 8.15. The molecule has 0 spiro atoms. The first-order valence-corrected chi connectivity index (χ1v) is 6.24. The summed E-state index contributed by atoms with van der Waals surface area (Å²) < 4.78 is 11.1. The quantitative estimate of drug-likeness (QED) is 0.742. The molecule has 0 aliphatic heterocycles. The number of benzene rings is 1. The van der Waals surface area contributed by atoms with Crippen molar-refractivity contribution in [2.75, 3.05) is 13.2 Å². The molecule has 0 saturated heterocycles. The van der Waals surface area contributed by atoms with Gasteiger partial charge in [-0.05, 0) is 26.3 Å². The highest BCUT2D eigenvalue weighted by molar-refractivity contribution is 5.35. The van der Waals surface area contributed by atoms with Crippen molar-refractivity contribution in [3.8, 4) is 5.75 Å². The standard InChI is InChI=1S/C14H23NO2/c1-4-13(15)12-7-5-6-8-14(12)17-10-9-16-11(2)3/h5-8,11,13H,4,9-10,15H2,1-3H3. The van der Waals surface area contributed by atoms with Gasteiger partial charge < -0.3 is 15.2 Å². The van der Waals surface area contributed by atoms with Crippen molar-refractivity contribution < 1.29 is 9.47 Å². The third kappa shape index (κ3) is 4.75. The molecule has 3 heteroatoms. The van der Waals surface area contributed by atoms with Gasteiger partial charge in [0, 0.05) is 11.6 Å². The zero-order valence-electron chi connectivity index (χ0n) is 11.0. The predicted molar refractivity (Wildman–Crippen MR) is 70.2 cm³/mol. The molecule has 2 N–H and O–H groups in total. The van der Waals surface area contributed by atoms with E-state index in [2.05, 4.69) is 6.92 Å². The molecule has 0 fully saturated rings. The zero-order chi connectivity index (χ0) is 12.7. The molecule has 96 valence electrons. The monoisotopic (exact) mass is 237 g/mol. The van der Waals surface area contributed by atoms with E-state index in [0.29, 0.717) is 13.2 Å². The Morgan fingerprint density at radius 1 is 1.18 bits per heavy atom. The Bertz CT molecular complexity index is 326. The molecule has 17 heavy (non-hydrogen) atoms. The fraction of sp³-hybridized carbons (Fsp3) is 0.571. The maximum absolute atomic E-state index is 6.04. The van der Waals surface area contributed by atoms with E-state index < -0.39 is 0 Å². The van der Waals surface area contributed by atoms with Crippen molar-refractivity contribution in [2.45, 2.75) is 39.3 Å². The minimum atomic E-state index is 0.0391. The lowest BCUT2D eigenvalue weighted by atomic mass is 10.0. The summed E-state index contributed by atoms with van der Waals surface area (Å²) in [5.41, 5.74) is 7.11. The Labute approximate surface area is 104 Å². The van der Waals surface area contributed by atoms with Crippen molar-refractivity contribution in [3.05, 3.63) is 29.8 Å². The predicted octanol–water partition coefficient (Wildman–Crippen LogP) is 2.90. The van der Waals surface area contributed by atoms with Crippen molar-refractivity contribution in [1.29, 1.82) is 0 Å². The second-order valence-electron chi connectivity index (χ2n) is 4.32. The number of hydrogen-bond acceptors (Lipinski definition) is 3. The van der Waals surface area contributed by atoms with E-state index in [1.54, 1.807) is 0 Å². The largest absolute Gasteiger partial charge is 0.491 e. The second kappa shape index (κ2) is 7.30. The summed E-state index contributed by atoms with van der Waals surface area (Å²) in [4.78, 5) is 0. The van der Waals surface area contributed by atoms with Crippen LogP contribution in [0.1, 0.15) is 38.8 Å². The Morgan fingerprint density at radius 2 is 1.88 bits per heavy atom. The van der Waals surface area contributed by atoms with Crippen LogP contribution in [0.2, 0.25) is 0 Å². The number of nitrogens with two attached hydrogens (primary N) is 1. The van der Waals surface area contributed by atoms with Gasteiger partial charge in [-0.15, -0.1) is 0 Å². The highest BCUT2D eigenvalue weighted by Gasteiger charge is 2.09. The molecule has 1 unspecified atom stereocenters. The van der Waals surface area contributed by atoms with Gasteiger partial charge in [-0.1, -0.05) is 25.1 Å². The summed E-state index contributed by atoms with van der Waals surface area (Å²) in [5.74, 6) is 0.870. The third-order valence-corrected chi connectivity index (χ3v) is 2.55. The molecule has 1 atom stereocenters. The van der Waals surface area contributed by atoms with Crippen LogP contribution in [0.5, 0.6) is 5.75 Å². The summed E-state index contributed by atoms with van der Waals surface area (Å²) in [6.07, 6.45) is 1.15. The average Bonchev–Trinajstić information content (AvgIpc) is 2.34. The van der Waals surface area contributed by atoms with E-state index >= 15 is 0 Å². The summed E-state index contributed by atoms with van der Waals surface area (Å²) in [6.45, 7) is 7.27. The summed E-state index contributed by atoms with van der Waals surface area (Å²) >= 11 is 0. The lowest BCUT2D eigenvalue weighted by Crippen LogP contribution is -2.14. The van der Waals surface area contributed by atoms with Gasteiger partial charge in [-0.2, -0.15) is 0 Å². The van der Waals surface area contributed by atoms with E-state index in [0.717, 1.165) is 17.7 Å². The minimum absolute atomic E-state index is 0.0391. The summed E-state index contributed by atoms with van der Waals surface area (Å²) in [5, 5.41) is 0. The smallest absolute Gasteiger partial charge is 0.124 e. The van der Waals surface area contributed by atoms with Crippen molar-refractivity contribution in [3.63, 3.8) is 0 Å². The van der Waals surface area contributed by atoms with Gasteiger partial charge in [0.2, 0.25) is 0 Å². The molecular formula is C14H23NO2. The van der Waals surface area contributed by atoms with Gasteiger partial charge in [0.15, 0.2) is 0 Å². The van der Waals surface area contributed by atoms with E-state index in [1.165, 1.54) is 0 Å². The molecule has 0 heterocycles. The van der Waals surface area contributed by atoms with Crippen LogP contribution in [-0.2, 0) is 4.74 Å². The van der Waals surface area contributed by atoms with Crippen LogP contribution >= 0.6 is 0 Å². The van der Waals surface area contributed by atoms with Crippen LogP contribution in [0.25, 0.3) is 0 Å². The zero-order valence-corrected chi connectivity index (χ0v) is 11.0. The van der Waals surface area contributed by atoms with E-state index in [1.807, 2.05) is 38.1 Å². The first kappa shape index (κ1) is 14.0. The van der Waals surface area contributed by atoms with Crippen LogP contribution < -0.4 is 10.5 Å². The van der Waals surface area contributed by atoms with E-state index in [-0.39, 0.29) is 12.1 Å². The molecule has 1 rings (SSSR count). The second-order valence-corrected chi connectivity index (χ2v) is 4.32. The average molecular weight is 237 g/mol. The lowest BCUT2D eigenvalue weighted by Gasteiger charge is -2.16. The van der Waals surface area contributed by atoms with Gasteiger partial charge in [0.25, 0.3) is 0 Å². The highest BCUT2D eigenvalue weighted by Crippen LogP contribution is 2.25. The lowest BCUT2D eigenvalue weighted by molar-refractivity contribution is 0.0550. The van der Waals surface area contributed by atoms with E-state index in [4.69, 9.17) is 15.2 Å². The molecule has 1 aromatic rings. The Hall–Kier alpha value is -1.06. The molecular weight excluding hydrogens is 214 g/mol. The van der Waals surface area contributed by atoms with Gasteiger partial charge >= 0.3 is 0 Å². The summed E-state index contributed by atoms with van der Waals surface area (Å²) in [6, 6.07) is 7.97. The van der Waals surface area contributed by atoms with Gasteiger partial charge in [0.1, 0.15) is 12.4 Å². The van der Waals surface area contributed by atoms with Gasteiger partial charge in [0.05, 0.1) is 12.7 Å². The van der Waals surface area contributed by atoms with Crippen LogP contribution in [0.3, 0.4) is 0 Å².